The van der Waals surface area contributed by atoms with Crippen LogP contribution in [0.5, 0.6) is 5.75 Å². The smallest absolute Gasteiger partial charge is 0.338 e. The number of aromatic nitrogens is 4. The third-order valence-corrected chi connectivity index (χ3v) is 3.97. The molecule has 150 valence electrons. The molecular formula is C21H22N4O4. The lowest BCUT2D eigenvalue weighted by Crippen LogP contribution is -2.12. The van der Waals surface area contributed by atoms with Crippen LogP contribution in [-0.2, 0) is 11.3 Å². The Hall–Kier alpha value is -3.55. The van der Waals surface area contributed by atoms with E-state index in [9.17, 15) is 9.59 Å². The third-order valence-electron chi connectivity index (χ3n) is 3.97. The molecule has 0 saturated heterocycles. The normalized spacial score (nSPS) is 10.8. The van der Waals surface area contributed by atoms with E-state index >= 15 is 0 Å². The summed E-state index contributed by atoms with van der Waals surface area (Å²) < 4.78 is 10.9. The Balaban J connectivity index is 1.64. The van der Waals surface area contributed by atoms with E-state index in [-0.39, 0.29) is 18.5 Å². The van der Waals surface area contributed by atoms with E-state index in [2.05, 4.69) is 15.4 Å². The monoisotopic (exact) mass is 394 g/mol. The van der Waals surface area contributed by atoms with Crippen molar-refractivity contribution < 1.29 is 19.1 Å². The maximum Gasteiger partial charge on any atom is 0.338 e. The van der Waals surface area contributed by atoms with Crippen molar-refractivity contribution in [1.29, 1.82) is 0 Å². The van der Waals surface area contributed by atoms with E-state index in [1.165, 1.54) is 11.7 Å². The Labute approximate surface area is 168 Å². The molecule has 2 aromatic carbocycles. The van der Waals surface area contributed by atoms with Crippen molar-refractivity contribution in [2.24, 2.45) is 0 Å². The summed E-state index contributed by atoms with van der Waals surface area (Å²) in [5, 5.41) is 12.4. The Bertz CT molecular complexity index is 1010. The fourth-order valence-corrected chi connectivity index (χ4v) is 2.64. The second-order valence-corrected chi connectivity index (χ2v) is 6.64. The van der Waals surface area contributed by atoms with Crippen molar-refractivity contribution >= 4 is 11.8 Å². The number of carbonyl (C=O) groups excluding carboxylic acids is 2. The van der Waals surface area contributed by atoms with Crippen LogP contribution < -0.4 is 4.74 Å². The van der Waals surface area contributed by atoms with Gasteiger partial charge in [0, 0.05) is 5.56 Å². The lowest BCUT2D eigenvalue weighted by molar-refractivity contribution is 0.0378. The van der Waals surface area contributed by atoms with Gasteiger partial charge < -0.3 is 9.47 Å². The van der Waals surface area contributed by atoms with Crippen LogP contribution in [-0.4, -0.2) is 44.7 Å². The minimum Gasteiger partial charge on any atom is -0.491 e. The van der Waals surface area contributed by atoms with Crippen molar-refractivity contribution in [3.63, 3.8) is 0 Å². The molecule has 0 aliphatic carbocycles. The second-order valence-electron chi connectivity index (χ2n) is 6.64. The van der Waals surface area contributed by atoms with Crippen LogP contribution >= 0.6 is 0 Å². The van der Waals surface area contributed by atoms with Crippen molar-refractivity contribution in [3.8, 4) is 17.1 Å². The van der Waals surface area contributed by atoms with Gasteiger partial charge in [0.25, 0.3) is 0 Å². The molecule has 3 aromatic rings. The first-order valence-electron chi connectivity index (χ1n) is 9.26. The van der Waals surface area contributed by atoms with Crippen LogP contribution in [0.1, 0.15) is 41.5 Å². The average molecular weight is 394 g/mol. The van der Waals surface area contributed by atoms with Crippen LogP contribution in [0.2, 0.25) is 0 Å². The molecule has 3 rings (SSSR count). The second kappa shape index (κ2) is 9.09. The van der Waals surface area contributed by atoms with Crippen molar-refractivity contribution in [3.05, 3.63) is 59.7 Å². The summed E-state index contributed by atoms with van der Waals surface area (Å²) in [6, 6.07) is 14.0. The van der Waals surface area contributed by atoms with Crippen LogP contribution in [0, 0.1) is 0 Å². The molecule has 0 unspecified atom stereocenters. The summed E-state index contributed by atoms with van der Waals surface area (Å²) in [5.41, 5.74) is 1.62. The van der Waals surface area contributed by atoms with Gasteiger partial charge >= 0.3 is 5.97 Å². The highest BCUT2D eigenvalue weighted by Gasteiger charge is 2.13. The van der Waals surface area contributed by atoms with Gasteiger partial charge in [0.1, 0.15) is 12.4 Å². The van der Waals surface area contributed by atoms with Gasteiger partial charge in [-0.1, -0.05) is 24.3 Å². The van der Waals surface area contributed by atoms with Crippen LogP contribution in [0.25, 0.3) is 11.4 Å². The standard InChI is InChI=1S/C21H22N4O4/c1-14(2)29-21(27)17-8-6-7-16(13-17)20-22-24-25(23-20)11-12-28-19-10-5-4-9-18(19)15(3)26/h4-10,13-14H,11-12H2,1-3H3. The zero-order chi connectivity index (χ0) is 20.8. The Morgan fingerprint density at radius 1 is 1.10 bits per heavy atom. The number of tetrazole rings is 1. The highest BCUT2D eigenvalue weighted by Crippen LogP contribution is 2.19. The maximum absolute atomic E-state index is 12.1. The Kier molecular flexibility index (Phi) is 6.33. The van der Waals surface area contributed by atoms with E-state index in [1.54, 1.807) is 56.3 Å². The van der Waals surface area contributed by atoms with Gasteiger partial charge in [-0.05, 0) is 50.3 Å². The zero-order valence-corrected chi connectivity index (χ0v) is 16.5. The minimum absolute atomic E-state index is 0.0577. The summed E-state index contributed by atoms with van der Waals surface area (Å²) >= 11 is 0. The summed E-state index contributed by atoms with van der Waals surface area (Å²) in [7, 11) is 0. The number of hydrogen-bond donors (Lipinski definition) is 0. The van der Waals surface area contributed by atoms with Gasteiger partial charge in [-0.15, -0.1) is 10.2 Å². The fourth-order valence-electron chi connectivity index (χ4n) is 2.64. The molecule has 0 aliphatic heterocycles. The van der Waals surface area contributed by atoms with Gasteiger partial charge in [0.2, 0.25) is 5.82 Å². The fraction of sp³-hybridized carbons (Fsp3) is 0.286. The van der Waals surface area contributed by atoms with Crippen molar-refractivity contribution in [2.45, 2.75) is 33.4 Å². The summed E-state index contributed by atoms with van der Waals surface area (Å²) in [5.74, 6) is 0.467. The zero-order valence-electron chi connectivity index (χ0n) is 16.5. The summed E-state index contributed by atoms with van der Waals surface area (Å²) in [6.45, 7) is 5.73. The molecule has 0 atom stereocenters. The molecule has 8 nitrogen and oxygen atoms in total. The minimum atomic E-state index is -0.397. The molecule has 29 heavy (non-hydrogen) atoms. The molecule has 0 spiro atoms. The number of hydrogen-bond acceptors (Lipinski definition) is 7. The number of ketones is 1. The van der Waals surface area contributed by atoms with Gasteiger partial charge in [-0.25, -0.2) is 4.79 Å². The van der Waals surface area contributed by atoms with E-state index < -0.39 is 5.97 Å². The molecule has 1 aromatic heterocycles. The topological polar surface area (TPSA) is 96.2 Å². The van der Waals surface area contributed by atoms with Crippen LogP contribution in [0.15, 0.2) is 48.5 Å². The van der Waals surface area contributed by atoms with E-state index in [0.717, 1.165) is 0 Å². The number of rotatable bonds is 8. The van der Waals surface area contributed by atoms with Gasteiger partial charge in [0.05, 0.1) is 23.8 Å². The highest BCUT2D eigenvalue weighted by atomic mass is 16.5. The predicted octanol–water partition coefficient (Wildman–Crippen LogP) is 3.19. The third kappa shape index (κ3) is 5.25. The SMILES string of the molecule is CC(=O)c1ccccc1OCCn1nnc(-c2cccc(C(=O)OC(C)C)c2)n1. The van der Waals surface area contributed by atoms with Gasteiger partial charge in [0.15, 0.2) is 5.78 Å². The maximum atomic E-state index is 12.1. The lowest BCUT2D eigenvalue weighted by Gasteiger charge is -2.08. The van der Waals surface area contributed by atoms with Gasteiger partial charge in [-0.2, -0.15) is 4.80 Å². The van der Waals surface area contributed by atoms with E-state index in [1.807, 2.05) is 6.07 Å². The van der Waals surface area contributed by atoms with Crippen molar-refractivity contribution in [1.82, 2.24) is 20.2 Å². The Morgan fingerprint density at radius 3 is 2.66 bits per heavy atom. The Morgan fingerprint density at radius 2 is 1.90 bits per heavy atom. The molecular weight excluding hydrogens is 372 g/mol. The first-order chi connectivity index (χ1) is 13.9. The number of esters is 1. The molecule has 1 heterocycles. The molecule has 0 N–H and O–H groups in total. The lowest BCUT2D eigenvalue weighted by atomic mass is 10.1. The van der Waals surface area contributed by atoms with Crippen molar-refractivity contribution in [2.75, 3.05) is 6.61 Å². The number of carbonyl (C=O) groups is 2. The van der Waals surface area contributed by atoms with E-state index in [4.69, 9.17) is 9.47 Å². The average Bonchev–Trinajstić information content (AvgIpc) is 3.17. The highest BCUT2D eigenvalue weighted by molar-refractivity contribution is 5.96. The summed E-state index contributed by atoms with van der Waals surface area (Å²) in [4.78, 5) is 25.1. The molecule has 0 bridgehead atoms. The number of nitrogens with zero attached hydrogens (tertiary/aromatic N) is 4. The molecule has 0 saturated carbocycles. The molecule has 0 amide bonds. The van der Waals surface area contributed by atoms with Crippen LogP contribution in [0.4, 0.5) is 0 Å². The summed E-state index contributed by atoms with van der Waals surface area (Å²) in [6.07, 6.45) is -0.196. The van der Waals surface area contributed by atoms with Crippen LogP contribution in [0.3, 0.4) is 0 Å². The molecule has 0 radical (unpaired) electrons. The number of ether oxygens (including phenoxy) is 2. The number of benzene rings is 2. The number of para-hydroxylation sites is 1. The first kappa shape index (κ1) is 20.2. The largest absolute Gasteiger partial charge is 0.491 e. The first-order valence-corrected chi connectivity index (χ1v) is 9.26. The molecule has 0 aliphatic rings. The quantitative estimate of drug-likeness (QED) is 0.427. The number of Topliss-reactive ketones (excluding diaryl/α,β-unsaturated/α-hetero) is 1. The van der Waals surface area contributed by atoms with Gasteiger partial charge in [-0.3, -0.25) is 4.79 Å². The molecule has 8 heteroatoms. The predicted molar refractivity (Wildman–Crippen MR) is 106 cm³/mol. The molecule has 0 fully saturated rings. The van der Waals surface area contributed by atoms with E-state index in [0.29, 0.717) is 34.8 Å².